The van der Waals surface area contributed by atoms with Crippen LogP contribution in [0.3, 0.4) is 0 Å². The predicted octanol–water partition coefficient (Wildman–Crippen LogP) is 1.82. The van der Waals surface area contributed by atoms with Crippen LogP contribution in [-0.4, -0.2) is 50.2 Å². The van der Waals surface area contributed by atoms with Gasteiger partial charge in [0.1, 0.15) is 6.33 Å². The van der Waals surface area contributed by atoms with Crippen LogP contribution < -0.4 is 10.6 Å². The number of rotatable bonds is 3. The monoisotopic (exact) mass is 360 g/mol. The Morgan fingerprint density at radius 2 is 1.63 bits per heavy atom. The lowest BCUT2D eigenvalue weighted by molar-refractivity contribution is 0.193. The van der Waals surface area contributed by atoms with E-state index in [-0.39, 0.29) is 5.69 Å². The van der Waals surface area contributed by atoms with Gasteiger partial charge in [-0.3, -0.25) is 4.90 Å². The van der Waals surface area contributed by atoms with Gasteiger partial charge >= 0.3 is 5.69 Å². The second-order valence-corrected chi connectivity index (χ2v) is 6.82. The number of benzene rings is 2. The van der Waals surface area contributed by atoms with Crippen molar-refractivity contribution in [1.29, 1.82) is 0 Å². The van der Waals surface area contributed by atoms with Crippen LogP contribution >= 0.6 is 0 Å². The predicted molar refractivity (Wildman–Crippen MR) is 105 cm³/mol. The molecule has 0 spiro atoms. The van der Waals surface area contributed by atoms with Gasteiger partial charge < -0.3 is 4.90 Å². The van der Waals surface area contributed by atoms with E-state index in [9.17, 15) is 4.79 Å². The van der Waals surface area contributed by atoms with Crippen molar-refractivity contribution in [3.05, 3.63) is 71.4 Å². The summed E-state index contributed by atoms with van der Waals surface area (Å²) in [5, 5.41) is 5.48. The lowest BCUT2D eigenvalue weighted by Crippen LogP contribution is -2.47. The van der Waals surface area contributed by atoms with Gasteiger partial charge in [-0.1, -0.05) is 30.3 Å². The SMILES string of the molecule is O=c1n(CN2CCN(c3ccccc3)CC2)nc2c3ccccc3ncn12. The van der Waals surface area contributed by atoms with Gasteiger partial charge in [0.15, 0.2) is 5.65 Å². The third-order valence-electron chi connectivity index (χ3n) is 5.16. The molecule has 0 radical (unpaired) electrons. The molecule has 1 aliphatic heterocycles. The van der Waals surface area contributed by atoms with E-state index in [1.807, 2.05) is 30.3 Å². The van der Waals surface area contributed by atoms with Crippen molar-refractivity contribution in [2.45, 2.75) is 6.67 Å². The molecule has 5 rings (SSSR count). The minimum Gasteiger partial charge on any atom is -0.369 e. The van der Waals surface area contributed by atoms with Crippen molar-refractivity contribution in [3.63, 3.8) is 0 Å². The highest BCUT2D eigenvalue weighted by molar-refractivity contribution is 5.90. The summed E-state index contributed by atoms with van der Waals surface area (Å²) < 4.78 is 3.07. The van der Waals surface area contributed by atoms with E-state index in [0.29, 0.717) is 12.3 Å². The highest BCUT2D eigenvalue weighted by Gasteiger charge is 2.19. The number of fused-ring (bicyclic) bond motifs is 3. The van der Waals surface area contributed by atoms with Crippen molar-refractivity contribution in [3.8, 4) is 0 Å². The average molecular weight is 360 g/mol. The first-order chi connectivity index (χ1) is 13.3. The standard InChI is InChI=1S/C20H20N6O/c27-20-25-14-21-18-9-5-4-8-17(18)19(25)22-26(20)15-23-10-12-24(13-11-23)16-6-2-1-3-7-16/h1-9,14H,10-13,15H2. The number of para-hydroxylation sites is 2. The summed E-state index contributed by atoms with van der Waals surface area (Å²) in [4.78, 5) is 21.7. The molecule has 4 aromatic rings. The molecule has 0 amide bonds. The molecule has 7 heteroatoms. The quantitative estimate of drug-likeness (QED) is 0.558. The fraction of sp³-hybridized carbons (Fsp3) is 0.250. The molecule has 2 aromatic heterocycles. The summed E-state index contributed by atoms with van der Waals surface area (Å²) in [7, 11) is 0. The van der Waals surface area contributed by atoms with Crippen LogP contribution in [0.1, 0.15) is 0 Å². The van der Waals surface area contributed by atoms with Gasteiger partial charge in [-0.15, -0.1) is 5.10 Å². The molecule has 136 valence electrons. The van der Waals surface area contributed by atoms with Crippen LogP contribution in [0.2, 0.25) is 0 Å². The van der Waals surface area contributed by atoms with E-state index < -0.39 is 0 Å². The van der Waals surface area contributed by atoms with Crippen LogP contribution in [0.4, 0.5) is 5.69 Å². The molecule has 2 aromatic carbocycles. The van der Waals surface area contributed by atoms with Gasteiger partial charge in [-0.25, -0.2) is 14.2 Å². The Balaban J connectivity index is 1.37. The number of nitrogens with zero attached hydrogens (tertiary/aromatic N) is 6. The van der Waals surface area contributed by atoms with E-state index in [2.05, 4.69) is 44.1 Å². The van der Waals surface area contributed by atoms with Crippen molar-refractivity contribution in [2.24, 2.45) is 0 Å². The van der Waals surface area contributed by atoms with E-state index >= 15 is 0 Å². The minimum atomic E-state index is -0.145. The Kier molecular flexibility index (Phi) is 3.86. The summed E-state index contributed by atoms with van der Waals surface area (Å²) in [6, 6.07) is 18.2. The van der Waals surface area contributed by atoms with Gasteiger partial charge in [0, 0.05) is 37.3 Å². The summed E-state index contributed by atoms with van der Waals surface area (Å²) in [5.74, 6) is 0. The Bertz CT molecular complexity index is 1140. The van der Waals surface area contributed by atoms with Crippen LogP contribution in [-0.2, 0) is 6.67 Å². The zero-order valence-electron chi connectivity index (χ0n) is 14.9. The van der Waals surface area contributed by atoms with Crippen LogP contribution in [0.5, 0.6) is 0 Å². The molecule has 0 saturated carbocycles. The van der Waals surface area contributed by atoms with Gasteiger partial charge in [0.05, 0.1) is 12.2 Å². The first-order valence-electron chi connectivity index (χ1n) is 9.15. The molecule has 7 nitrogen and oxygen atoms in total. The van der Waals surface area contributed by atoms with E-state index in [4.69, 9.17) is 0 Å². The largest absolute Gasteiger partial charge is 0.369 e. The molecule has 0 aliphatic carbocycles. The van der Waals surface area contributed by atoms with Crippen molar-refractivity contribution < 1.29 is 0 Å². The van der Waals surface area contributed by atoms with Crippen molar-refractivity contribution in [1.82, 2.24) is 24.1 Å². The van der Waals surface area contributed by atoms with Gasteiger partial charge in [0.2, 0.25) is 0 Å². The molecular weight excluding hydrogens is 340 g/mol. The Morgan fingerprint density at radius 3 is 2.44 bits per heavy atom. The highest BCUT2D eigenvalue weighted by atomic mass is 16.2. The van der Waals surface area contributed by atoms with Gasteiger partial charge in [0.25, 0.3) is 0 Å². The maximum atomic E-state index is 12.7. The molecule has 1 aliphatic rings. The molecular formula is C20H20N6O. The number of piperazine rings is 1. The fourth-order valence-corrected chi connectivity index (χ4v) is 3.67. The Labute approximate surface area is 156 Å². The van der Waals surface area contributed by atoms with Crippen LogP contribution in [0, 0.1) is 0 Å². The Morgan fingerprint density at radius 1 is 0.889 bits per heavy atom. The van der Waals surface area contributed by atoms with Gasteiger partial charge in [-0.2, -0.15) is 4.68 Å². The van der Waals surface area contributed by atoms with Gasteiger partial charge in [-0.05, 0) is 24.3 Å². The van der Waals surface area contributed by atoms with Crippen molar-refractivity contribution in [2.75, 3.05) is 31.1 Å². The second-order valence-electron chi connectivity index (χ2n) is 6.82. The summed E-state index contributed by atoms with van der Waals surface area (Å²) >= 11 is 0. The third-order valence-corrected chi connectivity index (χ3v) is 5.16. The number of anilines is 1. The van der Waals surface area contributed by atoms with Crippen LogP contribution in [0.25, 0.3) is 16.6 Å². The first kappa shape index (κ1) is 16.0. The molecule has 27 heavy (non-hydrogen) atoms. The lowest BCUT2D eigenvalue weighted by Gasteiger charge is -2.35. The molecule has 1 saturated heterocycles. The molecule has 0 atom stereocenters. The van der Waals surface area contributed by atoms with E-state index in [1.54, 1.807) is 11.0 Å². The third kappa shape index (κ3) is 2.86. The number of aromatic nitrogens is 4. The number of hydrogen-bond acceptors (Lipinski definition) is 5. The second kappa shape index (κ2) is 6.51. The van der Waals surface area contributed by atoms with E-state index in [0.717, 1.165) is 37.1 Å². The lowest BCUT2D eigenvalue weighted by atomic mass is 10.2. The maximum absolute atomic E-state index is 12.7. The first-order valence-corrected chi connectivity index (χ1v) is 9.15. The molecule has 3 heterocycles. The topological polar surface area (TPSA) is 58.7 Å². The summed E-state index contributed by atoms with van der Waals surface area (Å²) in [5.41, 5.74) is 2.61. The van der Waals surface area contributed by atoms with E-state index in [1.165, 1.54) is 10.1 Å². The molecule has 1 fully saturated rings. The summed E-state index contributed by atoms with van der Waals surface area (Å²) in [6.07, 6.45) is 1.57. The normalized spacial score (nSPS) is 15.6. The molecule has 0 N–H and O–H groups in total. The molecule has 0 unspecified atom stereocenters. The minimum absolute atomic E-state index is 0.145. The zero-order chi connectivity index (χ0) is 18.2. The zero-order valence-corrected chi connectivity index (χ0v) is 14.9. The average Bonchev–Trinajstić information content (AvgIpc) is 3.05. The smallest absolute Gasteiger partial charge is 0.352 e. The summed E-state index contributed by atoms with van der Waals surface area (Å²) in [6.45, 7) is 4.17. The van der Waals surface area contributed by atoms with Crippen LogP contribution in [0.15, 0.2) is 65.7 Å². The highest BCUT2D eigenvalue weighted by Crippen LogP contribution is 2.16. The maximum Gasteiger partial charge on any atom is 0.352 e. The number of hydrogen-bond donors (Lipinski definition) is 0. The van der Waals surface area contributed by atoms with Crippen molar-refractivity contribution >= 4 is 22.2 Å². The fourth-order valence-electron chi connectivity index (χ4n) is 3.67. The molecule has 0 bridgehead atoms. The Hall–Kier alpha value is -3.19.